The molecule has 0 aromatic rings. The van der Waals surface area contributed by atoms with Crippen molar-refractivity contribution in [3.8, 4) is 0 Å². The number of thioether (sulfide) groups is 1. The molecule has 0 aromatic heterocycles. The fourth-order valence-electron chi connectivity index (χ4n) is 0.982. The number of alkyl halides is 3. The van der Waals surface area contributed by atoms with Crippen LogP contribution in [0.4, 0.5) is 13.2 Å². The smallest absolute Gasteiger partial charge is 0.317 e. The molecule has 86 valence electrons. The van der Waals surface area contributed by atoms with Gasteiger partial charge in [0.25, 0.3) is 0 Å². The van der Waals surface area contributed by atoms with Gasteiger partial charge in [-0.1, -0.05) is 6.92 Å². The lowest BCUT2D eigenvalue weighted by atomic mass is 10.3. The summed E-state index contributed by atoms with van der Waals surface area (Å²) in [7, 11) is 0. The molecule has 0 amide bonds. The van der Waals surface area contributed by atoms with E-state index in [9.17, 15) is 13.2 Å². The van der Waals surface area contributed by atoms with E-state index in [0.717, 1.165) is 24.5 Å². The minimum atomic E-state index is -4.00. The molecule has 0 unspecified atom stereocenters. The van der Waals surface area contributed by atoms with E-state index >= 15 is 0 Å². The molecule has 0 heterocycles. The Morgan fingerprint density at radius 2 is 1.79 bits per heavy atom. The van der Waals surface area contributed by atoms with Crippen LogP contribution in [0.2, 0.25) is 0 Å². The maximum atomic E-state index is 11.7. The topological polar surface area (TPSA) is 12.0 Å². The maximum absolute atomic E-state index is 11.7. The highest BCUT2D eigenvalue weighted by atomic mass is 32.2. The van der Waals surface area contributed by atoms with Crippen molar-refractivity contribution in [2.75, 3.05) is 24.6 Å². The van der Waals surface area contributed by atoms with Gasteiger partial charge in [0.15, 0.2) is 0 Å². The Kier molecular flexibility index (Phi) is 8.47. The van der Waals surface area contributed by atoms with E-state index in [4.69, 9.17) is 0 Å². The third-order valence-corrected chi connectivity index (χ3v) is 2.65. The molecule has 0 aliphatic heterocycles. The summed E-state index contributed by atoms with van der Waals surface area (Å²) in [5.74, 6) is 2.19. The SMILES string of the molecule is CCSCCCNCCCC(F)(F)F. The Morgan fingerprint density at radius 1 is 1.14 bits per heavy atom. The van der Waals surface area contributed by atoms with Crippen molar-refractivity contribution in [2.24, 2.45) is 0 Å². The first-order valence-corrected chi connectivity index (χ1v) is 6.07. The number of hydrogen-bond donors (Lipinski definition) is 1. The van der Waals surface area contributed by atoms with Gasteiger partial charge in [0.05, 0.1) is 0 Å². The molecule has 0 saturated heterocycles. The fraction of sp³-hybridized carbons (Fsp3) is 1.00. The van der Waals surface area contributed by atoms with Gasteiger partial charge in [0, 0.05) is 6.42 Å². The normalized spacial score (nSPS) is 12.0. The van der Waals surface area contributed by atoms with Crippen LogP contribution < -0.4 is 5.32 Å². The fourth-order valence-corrected chi connectivity index (χ4v) is 1.62. The lowest BCUT2D eigenvalue weighted by Crippen LogP contribution is -2.19. The lowest BCUT2D eigenvalue weighted by molar-refractivity contribution is -0.135. The Bertz CT molecular complexity index is 128. The molecule has 1 nitrogen and oxygen atoms in total. The quantitative estimate of drug-likeness (QED) is 0.642. The molecule has 0 fully saturated rings. The van der Waals surface area contributed by atoms with Crippen LogP contribution in [0, 0.1) is 0 Å². The molecular formula is C9H18F3NS. The van der Waals surface area contributed by atoms with Crippen LogP contribution in [-0.4, -0.2) is 30.8 Å². The van der Waals surface area contributed by atoms with E-state index in [-0.39, 0.29) is 6.42 Å². The molecule has 0 atom stereocenters. The monoisotopic (exact) mass is 229 g/mol. The molecule has 14 heavy (non-hydrogen) atoms. The summed E-state index contributed by atoms with van der Waals surface area (Å²) in [5.41, 5.74) is 0. The predicted molar refractivity (Wildman–Crippen MR) is 55.8 cm³/mol. The van der Waals surface area contributed by atoms with E-state index < -0.39 is 12.6 Å². The highest BCUT2D eigenvalue weighted by Gasteiger charge is 2.25. The first kappa shape index (κ1) is 14.1. The van der Waals surface area contributed by atoms with Gasteiger partial charge in [0.2, 0.25) is 0 Å². The van der Waals surface area contributed by atoms with Gasteiger partial charge >= 0.3 is 6.18 Å². The minimum absolute atomic E-state index is 0.185. The first-order valence-electron chi connectivity index (χ1n) is 4.91. The van der Waals surface area contributed by atoms with Gasteiger partial charge in [-0.2, -0.15) is 24.9 Å². The summed E-state index contributed by atoms with van der Waals surface area (Å²) >= 11 is 1.86. The molecule has 0 radical (unpaired) electrons. The third kappa shape index (κ3) is 12.1. The second-order valence-corrected chi connectivity index (χ2v) is 4.41. The minimum Gasteiger partial charge on any atom is -0.317 e. The van der Waals surface area contributed by atoms with Crippen molar-refractivity contribution in [3.63, 3.8) is 0 Å². The summed E-state index contributed by atoms with van der Waals surface area (Å²) in [5, 5.41) is 3.00. The highest BCUT2D eigenvalue weighted by molar-refractivity contribution is 7.99. The average Bonchev–Trinajstić information content (AvgIpc) is 2.08. The van der Waals surface area contributed by atoms with Crippen LogP contribution in [0.15, 0.2) is 0 Å². The molecular weight excluding hydrogens is 211 g/mol. The number of hydrogen-bond acceptors (Lipinski definition) is 2. The summed E-state index contributed by atoms with van der Waals surface area (Å²) in [4.78, 5) is 0. The predicted octanol–water partition coefficient (Wildman–Crippen LogP) is 3.06. The van der Waals surface area contributed by atoms with Crippen molar-refractivity contribution in [1.29, 1.82) is 0 Å². The molecule has 0 bridgehead atoms. The maximum Gasteiger partial charge on any atom is 0.389 e. The first-order chi connectivity index (χ1) is 6.56. The van der Waals surface area contributed by atoms with Crippen LogP contribution in [0.5, 0.6) is 0 Å². The average molecular weight is 229 g/mol. The molecule has 0 aliphatic carbocycles. The summed E-state index contributed by atoms with van der Waals surface area (Å²) in [6.07, 6.45) is -3.46. The van der Waals surface area contributed by atoms with E-state index in [1.54, 1.807) is 0 Å². The van der Waals surface area contributed by atoms with Gasteiger partial charge in [-0.15, -0.1) is 0 Å². The standard InChI is InChI=1S/C9H18F3NS/c1-2-14-8-4-7-13-6-3-5-9(10,11)12/h13H,2-8H2,1H3. The van der Waals surface area contributed by atoms with Crippen LogP contribution in [0.3, 0.4) is 0 Å². The highest BCUT2D eigenvalue weighted by Crippen LogP contribution is 2.20. The summed E-state index contributed by atoms with van der Waals surface area (Å²) in [6.45, 7) is 3.39. The van der Waals surface area contributed by atoms with Gasteiger partial charge < -0.3 is 5.32 Å². The van der Waals surface area contributed by atoms with Gasteiger partial charge in [-0.05, 0) is 37.4 Å². The molecule has 0 saturated carbocycles. The zero-order chi connectivity index (χ0) is 10.9. The van der Waals surface area contributed by atoms with Crippen molar-refractivity contribution in [1.82, 2.24) is 5.32 Å². The molecule has 0 spiro atoms. The van der Waals surface area contributed by atoms with E-state index in [0.29, 0.717) is 6.54 Å². The molecule has 0 aromatic carbocycles. The van der Waals surface area contributed by atoms with E-state index in [1.807, 2.05) is 11.8 Å². The van der Waals surface area contributed by atoms with Crippen LogP contribution in [-0.2, 0) is 0 Å². The van der Waals surface area contributed by atoms with Crippen molar-refractivity contribution >= 4 is 11.8 Å². The summed E-state index contributed by atoms with van der Waals surface area (Å²) < 4.78 is 35.1. The third-order valence-electron chi connectivity index (χ3n) is 1.66. The number of rotatable bonds is 8. The van der Waals surface area contributed by atoms with Crippen molar-refractivity contribution in [3.05, 3.63) is 0 Å². The van der Waals surface area contributed by atoms with Gasteiger partial charge in [0.1, 0.15) is 0 Å². The molecule has 0 aliphatic rings. The Labute approximate surface area is 87.8 Å². The van der Waals surface area contributed by atoms with E-state index in [1.165, 1.54) is 0 Å². The lowest BCUT2D eigenvalue weighted by Gasteiger charge is -2.06. The number of nitrogens with one attached hydrogen (secondary N) is 1. The van der Waals surface area contributed by atoms with Crippen LogP contribution in [0.1, 0.15) is 26.2 Å². The molecule has 5 heteroatoms. The molecule has 1 N–H and O–H groups in total. The Hall–Kier alpha value is 0.100. The zero-order valence-corrected chi connectivity index (χ0v) is 9.31. The van der Waals surface area contributed by atoms with Crippen LogP contribution >= 0.6 is 11.8 Å². The second-order valence-electron chi connectivity index (χ2n) is 3.02. The number of halogens is 3. The van der Waals surface area contributed by atoms with Gasteiger partial charge in [-0.25, -0.2) is 0 Å². The largest absolute Gasteiger partial charge is 0.389 e. The Balaban J connectivity index is 2.99. The van der Waals surface area contributed by atoms with Crippen molar-refractivity contribution < 1.29 is 13.2 Å². The van der Waals surface area contributed by atoms with Gasteiger partial charge in [-0.3, -0.25) is 0 Å². The Morgan fingerprint density at radius 3 is 2.36 bits per heavy atom. The van der Waals surface area contributed by atoms with E-state index in [2.05, 4.69) is 12.2 Å². The summed E-state index contributed by atoms with van der Waals surface area (Å²) in [6, 6.07) is 0. The second kappa shape index (κ2) is 8.41. The zero-order valence-electron chi connectivity index (χ0n) is 8.49. The van der Waals surface area contributed by atoms with Crippen molar-refractivity contribution in [2.45, 2.75) is 32.4 Å². The molecule has 0 rings (SSSR count). The van der Waals surface area contributed by atoms with Crippen LogP contribution in [0.25, 0.3) is 0 Å².